The SMILES string of the molecule is O=C(COC(=O)c1ccc2nc(Cl)ccc2c1)NCC(F)(F)F. The van der Waals surface area contributed by atoms with E-state index in [0.717, 1.165) is 0 Å². The lowest BCUT2D eigenvalue weighted by molar-refractivity contribution is -0.140. The Morgan fingerprint density at radius 3 is 2.65 bits per heavy atom. The second kappa shape index (κ2) is 6.82. The lowest BCUT2D eigenvalue weighted by Gasteiger charge is -2.09. The number of aromatic nitrogens is 1. The largest absolute Gasteiger partial charge is 0.452 e. The highest BCUT2D eigenvalue weighted by molar-refractivity contribution is 6.29. The molecule has 0 spiro atoms. The number of hydrogen-bond donors (Lipinski definition) is 1. The van der Waals surface area contributed by atoms with E-state index < -0.39 is 31.2 Å². The van der Waals surface area contributed by atoms with Gasteiger partial charge >= 0.3 is 12.1 Å². The molecule has 1 aromatic carbocycles. The number of pyridine rings is 1. The van der Waals surface area contributed by atoms with Crippen molar-refractivity contribution < 1.29 is 27.5 Å². The van der Waals surface area contributed by atoms with Gasteiger partial charge in [-0.3, -0.25) is 4.79 Å². The molecule has 5 nitrogen and oxygen atoms in total. The monoisotopic (exact) mass is 346 g/mol. The fourth-order valence-electron chi connectivity index (χ4n) is 1.69. The van der Waals surface area contributed by atoms with E-state index in [9.17, 15) is 22.8 Å². The van der Waals surface area contributed by atoms with Gasteiger partial charge in [-0.25, -0.2) is 9.78 Å². The molecule has 1 aromatic heterocycles. The first-order valence-electron chi connectivity index (χ1n) is 6.31. The topological polar surface area (TPSA) is 68.3 Å². The maximum atomic E-state index is 11.9. The van der Waals surface area contributed by atoms with E-state index in [1.165, 1.54) is 12.1 Å². The van der Waals surface area contributed by atoms with Gasteiger partial charge in [0.15, 0.2) is 6.61 Å². The summed E-state index contributed by atoms with van der Waals surface area (Å²) in [7, 11) is 0. The molecule has 0 radical (unpaired) electrons. The van der Waals surface area contributed by atoms with Crippen LogP contribution in [0.1, 0.15) is 10.4 Å². The Morgan fingerprint density at radius 1 is 1.22 bits per heavy atom. The van der Waals surface area contributed by atoms with Crippen molar-refractivity contribution in [1.29, 1.82) is 0 Å². The summed E-state index contributed by atoms with van der Waals surface area (Å²) in [5, 5.41) is 2.53. The lowest BCUT2D eigenvalue weighted by atomic mass is 10.1. The molecule has 2 aromatic rings. The van der Waals surface area contributed by atoms with Crippen LogP contribution in [0, 0.1) is 0 Å². The van der Waals surface area contributed by atoms with Crippen LogP contribution in [0.25, 0.3) is 10.9 Å². The number of amides is 1. The minimum atomic E-state index is -4.52. The van der Waals surface area contributed by atoms with Crippen molar-refractivity contribution in [3.05, 3.63) is 41.0 Å². The van der Waals surface area contributed by atoms with Gasteiger partial charge in [0.2, 0.25) is 0 Å². The third kappa shape index (κ3) is 5.10. The first kappa shape index (κ1) is 17.0. The molecule has 122 valence electrons. The second-order valence-corrected chi connectivity index (χ2v) is 4.90. The number of carbonyl (C=O) groups excluding carboxylic acids is 2. The molecule has 0 aliphatic heterocycles. The molecule has 0 bridgehead atoms. The van der Waals surface area contributed by atoms with Crippen LogP contribution in [0.2, 0.25) is 5.15 Å². The third-order valence-electron chi connectivity index (χ3n) is 2.71. The molecule has 23 heavy (non-hydrogen) atoms. The number of hydrogen-bond acceptors (Lipinski definition) is 4. The van der Waals surface area contributed by atoms with Crippen LogP contribution in [-0.4, -0.2) is 36.2 Å². The average molecular weight is 347 g/mol. The zero-order valence-electron chi connectivity index (χ0n) is 11.5. The number of esters is 1. The fourth-order valence-corrected chi connectivity index (χ4v) is 1.85. The van der Waals surface area contributed by atoms with E-state index in [1.54, 1.807) is 23.5 Å². The molecule has 2 rings (SSSR count). The predicted molar refractivity (Wildman–Crippen MR) is 76.1 cm³/mol. The third-order valence-corrected chi connectivity index (χ3v) is 2.92. The van der Waals surface area contributed by atoms with Crippen LogP contribution in [-0.2, 0) is 9.53 Å². The van der Waals surface area contributed by atoms with Gasteiger partial charge in [-0.2, -0.15) is 13.2 Å². The molecule has 0 fully saturated rings. The molecule has 0 aliphatic carbocycles. The van der Waals surface area contributed by atoms with Crippen LogP contribution in [0.5, 0.6) is 0 Å². The predicted octanol–water partition coefficient (Wildman–Crippen LogP) is 2.72. The van der Waals surface area contributed by atoms with Crippen LogP contribution in [0.4, 0.5) is 13.2 Å². The average Bonchev–Trinajstić information content (AvgIpc) is 2.49. The van der Waals surface area contributed by atoms with Gasteiger partial charge in [0.05, 0.1) is 11.1 Å². The second-order valence-electron chi connectivity index (χ2n) is 4.51. The maximum absolute atomic E-state index is 11.9. The minimum Gasteiger partial charge on any atom is -0.452 e. The number of carbonyl (C=O) groups is 2. The summed E-state index contributed by atoms with van der Waals surface area (Å²) in [6, 6.07) is 7.64. The van der Waals surface area contributed by atoms with Gasteiger partial charge in [0, 0.05) is 5.39 Å². The highest BCUT2D eigenvalue weighted by atomic mass is 35.5. The van der Waals surface area contributed by atoms with E-state index in [2.05, 4.69) is 9.72 Å². The summed E-state index contributed by atoms with van der Waals surface area (Å²) in [6.07, 6.45) is -4.52. The number of fused-ring (bicyclic) bond motifs is 1. The molecular formula is C14H10ClF3N2O3. The number of alkyl halides is 3. The lowest BCUT2D eigenvalue weighted by Crippen LogP contribution is -2.36. The summed E-state index contributed by atoms with van der Waals surface area (Å²) in [6.45, 7) is -2.28. The standard InChI is InChI=1S/C14H10ClF3N2O3/c15-11-4-2-8-5-9(1-3-10(8)20-11)13(22)23-6-12(21)19-7-14(16,17)18/h1-5H,6-7H2,(H,19,21). The number of nitrogens with one attached hydrogen (secondary N) is 1. The smallest absolute Gasteiger partial charge is 0.405 e. The molecule has 0 unspecified atom stereocenters. The maximum Gasteiger partial charge on any atom is 0.405 e. The van der Waals surface area contributed by atoms with E-state index in [1.807, 2.05) is 0 Å². The summed E-state index contributed by atoms with van der Waals surface area (Å²) < 4.78 is 40.4. The summed E-state index contributed by atoms with van der Waals surface area (Å²) in [5.74, 6) is -1.87. The molecule has 1 heterocycles. The van der Waals surface area contributed by atoms with Gasteiger partial charge in [-0.15, -0.1) is 0 Å². The number of ether oxygens (including phenoxy) is 1. The Bertz CT molecular complexity index is 750. The Morgan fingerprint density at radius 2 is 1.96 bits per heavy atom. The Kier molecular flexibility index (Phi) is 5.05. The number of rotatable bonds is 4. The van der Waals surface area contributed by atoms with Gasteiger partial charge in [0.25, 0.3) is 5.91 Å². The van der Waals surface area contributed by atoms with Crippen LogP contribution in [0.15, 0.2) is 30.3 Å². The first-order valence-corrected chi connectivity index (χ1v) is 6.69. The van der Waals surface area contributed by atoms with E-state index in [0.29, 0.717) is 16.1 Å². The van der Waals surface area contributed by atoms with E-state index >= 15 is 0 Å². The Hall–Kier alpha value is -2.35. The number of benzene rings is 1. The minimum absolute atomic E-state index is 0.144. The summed E-state index contributed by atoms with van der Waals surface area (Å²) in [5.41, 5.74) is 0.710. The first-order chi connectivity index (χ1) is 10.7. The highest BCUT2D eigenvalue weighted by Gasteiger charge is 2.27. The van der Waals surface area contributed by atoms with Crippen molar-refractivity contribution in [2.75, 3.05) is 13.2 Å². The van der Waals surface area contributed by atoms with Gasteiger partial charge in [0.1, 0.15) is 11.7 Å². The van der Waals surface area contributed by atoms with Crippen molar-refractivity contribution in [2.45, 2.75) is 6.18 Å². The van der Waals surface area contributed by atoms with Crippen molar-refractivity contribution in [3.63, 3.8) is 0 Å². The van der Waals surface area contributed by atoms with Gasteiger partial charge in [-0.05, 0) is 30.3 Å². The van der Waals surface area contributed by atoms with Crippen LogP contribution < -0.4 is 5.32 Å². The van der Waals surface area contributed by atoms with Crippen LogP contribution in [0.3, 0.4) is 0 Å². The Labute approximate surface area is 133 Å². The molecule has 0 saturated carbocycles. The Balaban J connectivity index is 1.95. The zero-order valence-corrected chi connectivity index (χ0v) is 12.2. The van der Waals surface area contributed by atoms with Gasteiger partial charge < -0.3 is 10.1 Å². The molecular weight excluding hydrogens is 337 g/mol. The van der Waals surface area contributed by atoms with Crippen molar-refractivity contribution >= 4 is 34.4 Å². The molecule has 0 atom stereocenters. The number of halogens is 4. The fraction of sp³-hybridized carbons (Fsp3) is 0.214. The summed E-state index contributed by atoms with van der Waals surface area (Å²) in [4.78, 5) is 27.0. The molecule has 9 heteroatoms. The summed E-state index contributed by atoms with van der Waals surface area (Å²) >= 11 is 5.74. The molecule has 1 amide bonds. The van der Waals surface area contributed by atoms with Crippen LogP contribution >= 0.6 is 11.6 Å². The quantitative estimate of drug-likeness (QED) is 0.682. The van der Waals surface area contributed by atoms with Crippen molar-refractivity contribution in [2.24, 2.45) is 0 Å². The molecule has 0 aliphatic rings. The highest BCUT2D eigenvalue weighted by Crippen LogP contribution is 2.17. The zero-order chi connectivity index (χ0) is 17.0. The van der Waals surface area contributed by atoms with Crippen molar-refractivity contribution in [3.8, 4) is 0 Å². The number of nitrogens with zero attached hydrogens (tertiary/aromatic N) is 1. The van der Waals surface area contributed by atoms with E-state index in [4.69, 9.17) is 11.6 Å². The van der Waals surface area contributed by atoms with Crippen molar-refractivity contribution in [1.82, 2.24) is 10.3 Å². The van der Waals surface area contributed by atoms with E-state index in [-0.39, 0.29) is 5.56 Å². The molecule has 1 N–H and O–H groups in total. The normalized spacial score (nSPS) is 11.3. The van der Waals surface area contributed by atoms with Gasteiger partial charge in [-0.1, -0.05) is 11.6 Å². The molecule has 0 saturated heterocycles.